The first-order chi connectivity index (χ1) is 31.1. The van der Waals surface area contributed by atoms with Gasteiger partial charge in [-0.15, -0.1) is 13.2 Å². The van der Waals surface area contributed by atoms with E-state index in [9.17, 15) is 13.2 Å². The molecule has 0 saturated carbocycles. The van der Waals surface area contributed by atoms with Crippen molar-refractivity contribution in [1.29, 1.82) is 0 Å². The molecule has 5 aromatic rings. The van der Waals surface area contributed by atoms with Crippen molar-refractivity contribution in [2.75, 3.05) is 4.44 Å². The molecule has 0 spiro atoms. The maximum atomic E-state index is 14.3. The highest BCUT2D eigenvalue weighted by Crippen LogP contribution is 2.58. The van der Waals surface area contributed by atoms with Crippen LogP contribution in [0.1, 0.15) is 119 Å². The minimum Gasteiger partial charge on any atom is -0.405 e. The summed E-state index contributed by atoms with van der Waals surface area (Å²) >= 11 is 0. The molecular weight excluding hydrogens is 866 g/mol. The third-order valence-electron chi connectivity index (χ3n) is 13.2. The fraction of sp³-hybridized carbons (Fsp3) is 0.455. The summed E-state index contributed by atoms with van der Waals surface area (Å²) in [6, 6.07) is 54.9. The van der Waals surface area contributed by atoms with E-state index >= 15 is 0 Å². The van der Waals surface area contributed by atoms with Gasteiger partial charge in [0.2, 0.25) is 0 Å². The van der Waals surface area contributed by atoms with Gasteiger partial charge in [-0.25, -0.2) is 0 Å². The molecule has 0 fully saturated rings. The number of benzene rings is 5. The summed E-state index contributed by atoms with van der Waals surface area (Å²) in [6.07, 6.45) is 10.0. The van der Waals surface area contributed by atoms with Crippen LogP contribution in [0.4, 0.5) is 18.9 Å². The van der Waals surface area contributed by atoms with Gasteiger partial charge in [-0.3, -0.25) is 0 Å². The Morgan fingerprint density at radius 2 is 0.766 bits per heavy atom. The first kappa shape index (κ1) is 51.8. The van der Waals surface area contributed by atoms with Gasteiger partial charge in [0.1, 0.15) is 5.75 Å². The van der Waals surface area contributed by atoms with Crippen molar-refractivity contribution < 1.29 is 17.9 Å². The molecule has 0 heterocycles. The summed E-state index contributed by atoms with van der Waals surface area (Å²) in [6.45, 7) is 13.9. The van der Waals surface area contributed by atoms with E-state index in [2.05, 4.69) is 131 Å². The molecule has 1 atom stereocenters. The molecule has 0 aliphatic rings. The molecule has 0 aliphatic heterocycles. The van der Waals surface area contributed by atoms with Crippen LogP contribution in [0.2, 0.25) is 36.3 Å². The van der Waals surface area contributed by atoms with E-state index in [1.54, 1.807) is 16.4 Å². The lowest BCUT2D eigenvalue weighted by Gasteiger charge is -2.41. The molecule has 346 valence electrons. The molecule has 0 N–H and O–H groups in total. The fourth-order valence-corrected chi connectivity index (χ4v) is 26.8. The Morgan fingerprint density at radius 1 is 0.422 bits per heavy atom. The van der Waals surface area contributed by atoms with Gasteiger partial charge in [-0.2, -0.15) is 0 Å². The predicted octanol–water partition coefficient (Wildman–Crippen LogP) is 15.6. The summed E-state index contributed by atoms with van der Waals surface area (Å²) in [5.74, 6) is -0.149. The van der Waals surface area contributed by atoms with E-state index < -0.39 is 38.7 Å². The highest BCUT2D eigenvalue weighted by atomic mass is 31.2. The standard InChI is InChI=1S/C55H76F3NOP2Si2/c1-7-13-41-63(42-14-8-2,43-15-9-3)51-37-33-49(34-38-51)61(50-35-39-52(40-36-50)64(44-16-10-4,45-17-11-5)46-18-12-6)59(47-27-21-19-22-28-47)62(48-29-23-20-24-30-48)54-32-26-25-31-53(54)60-55(56,57)58/h19-40H,7-18,41-46H2,1-6H3. The van der Waals surface area contributed by atoms with Crippen LogP contribution in [0, 0.1) is 0 Å². The zero-order valence-electron chi connectivity index (χ0n) is 39.8. The van der Waals surface area contributed by atoms with Crippen molar-refractivity contribution in [2.24, 2.45) is 0 Å². The molecule has 0 aromatic heterocycles. The number of hydrogen-bond donors (Lipinski definition) is 0. The average molecular weight is 942 g/mol. The second kappa shape index (κ2) is 26.2. The van der Waals surface area contributed by atoms with Crippen molar-refractivity contribution in [2.45, 2.75) is 161 Å². The maximum absolute atomic E-state index is 14.3. The summed E-state index contributed by atoms with van der Waals surface area (Å²) in [4.78, 5) is 0. The fourth-order valence-electron chi connectivity index (χ4n) is 9.63. The Bertz CT molecular complexity index is 1930. The number of rotatable bonds is 28. The number of nitrogens with zero attached hydrogens (tertiary/aromatic N) is 1. The topological polar surface area (TPSA) is 12.5 Å². The first-order valence-electron chi connectivity index (χ1n) is 24.6. The van der Waals surface area contributed by atoms with Gasteiger partial charge < -0.3 is 9.18 Å². The molecule has 5 rings (SSSR count). The Morgan fingerprint density at radius 3 is 1.14 bits per heavy atom. The summed E-state index contributed by atoms with van der Waals surface area (Å²) in [7, 11) is -6.54. The van der Waals surface area contributed by atoms with Crippen LogP contribution >= 0.6 is 16.1 Å². The monoisotopic (exact) mass is 941 g/mol. The number of hydrogen-bond acceptors (Lipinski definition) is 2. The summed E-state index contributed by atoms with van der Waals surface area (Å²) < 4.78 is 50.4. The molecule has 64 heavy (non-hydrogen) atoms. The molecule has 5 aromatic carbocycles. The van der Waals surface area contributed by atoms with E-state index in [1.807, 2.05) is 36.4 Å². The van der Waals surface area contributed by atoms with Gasteiger partial charge in [0, 0.05) is 26.9 Å². The van der Waals surface area contributed by atoms with Gasteiger partial charge in [0.05, 0.1) is 32.3 Å². The highest BCUT2D eigenvalue weighted by molar-refractivity contribution is 7.91. The van der Waals surface area contributed by atoms with Gasteiger partial charge in [0.25, 0.3) is 0 Å². The normalized spacial score (nSPS) is 12.7. The third kappa shape index (κ3) is 13.9. The Hall–Kier alpha value is -3.22. The van der Waals surface area contributed by atoms with Crippen molar-refractivity contribution >= 4 is 69.6 Å². The number of para-hydroxylation sites is 2. The summed E-state index contributed by atoms with van der Waals surface area (Å²) in [5, 5.41) is 7.07. The SMILES string of the molecule is CCCC[Si](CCCC)(CCCC)c1ccc(P(c2ccc([Si](CCCC)(CCCC)CCCC)cc2)N(c2ccccc2)P(c2ccccc2)c2ccccc2OC(F)(F)F)cc1. The number of anilines is 1. The molecule has 0 amide bonds. The second-order valence-electron chi connectivity index (χ2n) is 17.9. The maximum Gasteiger partial charge on any atom is 0.573 e. The van der Waals surface area contributed by atoms with Crippen LogP contribution in [-0.4, -0.2) is 22.5 Å². The molecule has 0 saturated heterocycles. The lowest BCUT2D eigenvalue weighted by Crippen LogP contribution is -2.48. The van der Waals surface area contributed by atoms with E-state index in [1.165, 1.54) is 130 Å². The smallest absolute Gasteiger partial charge is 0.405 e. The van der Waals surface area contributed by atoms with Crippen molar-refractivity contribution in [3.05, 3.63) is 133 Å². The van der Waals surface area contributed by atoms with Gasteiger partial charge in [0.15, 0.2) is 0 Å². The number of alkyl halides is 3. The van der Waals surface area contributed by atoms with Crippen molar-refractivity contribution in [3.8, 4) is 5.75 Å². The minimum absolute atomic E-state index is 0.149. The molecule has 2 nitrogen and oxygen atoms in total. The quantitative estimate of drug-likeness (QED) is 0.0366. The van der Waals surface area contributed by atoms with Gasteiger partial charge in [-0.05, 0) is 24.3 Å². The van der Waals surface area contributed by atoms with Gasteiger partial charge >= 0.3 is 6.36 Å². The van der Waals surface area contributed by atoms with Crippen LogP contribution in [0.15, 0.2) is 133 Å². The van der Waals surface area contributed by atoms with Crippen LogP contribution in [0.5, 0.6) is 5.75 Å². The largest absolute Gasteiger partial charge is 0.573 e. The summed E-state index contributed by atoms with van der Waals surface area (Å²) in [5.41, 5.74) is 0.980. The molecule has 0 aliphatic carbocycles. The lowest BCUT2D eigenvalue weighted by atomic mass is 10.3. The van der Waals surface area contributed by atoms with Crippen LogP contribution in [0.3, 0.4) is 0 Å². The van der Waals surface area contributed by atoms with Crippen LogP contribution in [0.25, 0.3) is 0 Å². The highest BCUT2D eigenvalue weighted by Gasteiger charge is 2.39. The first-order valence-corrected chi connectivity index (χ1v) is 32.5. The lowest BCUT2D eigenvalue weighted by molar-refractivity contribution is -0.274. The third-order valence-corrected chi connectivity index (χ3v) is 29.6. The van der Waals surface area contributed by atoms with E-state index in [0.29, 0.717) is 5.30 Å². The molecular formula is C55H76F3NOP2Si2. The van der Waals surface area contributed by atoms with Crippen LogP contribution in [-0.2, 0) is 0 Å². The minimum atomic E-state index is -4.84. The molecule has 0 radical (unpaired) electrons. The number of ether oxygens (including phenoxy) is 1. The van der Waals surface area contributed by atoms with Crippen LogP contribution < -0.4 is 40.8 Å². The van der Waals surface area contributed by atoms with E-state index in [4.69, 9.17) is 4.74 Å². The zero-order chi connectivity index (χ0) is 45.8. The Kier molecular flexibility index (Phi) is 21.2. The number of unbranched alkanes of at least 4 members (excludes halogenated alkanes) is 6. The van der Waals surface area contributed by atoms with Crippen molar-refractivity contribution in [3.63, 3.8) is 0 Å². The van der Waals surface area contributed by atoms with E-state index in [-0.39, 0.29) is 5.75 Å². The average Bonchev–Trinajstić information content (AvgIpc) is 3.32. The zero-order valence-corrected chi connectivity index (χ0v) is 43.6. The Balaban J connectivity index is 1.82. The number of halogens is 3. The predicted molar refractivity (Wildman–Crippen MR) is 283 cm³/mol. The molecule has 1 unspecified atom stereocenters. The molecule has 0 bridgehead atoms. The van der Waals surface area contributed by atoms with Crippen molar-refractivity contribution in [1.82, 2.24) is 0 Å². The van der Waals surface area contributed by atoms with Gasteiger partial charge in [-0.1, -0.05) is 274 Å². The molecule has 9 heteroatoms. The Labute approximate surface area is 390 Å². The second-order valence-corrected chi connectivity index (χ2v) is 31.5. The van der Waals surface area contributed by atoms with E-state index in [0.717, 1.165) is 11.0 Å².